The van der Waals surface area contributed by atoms with Gasteiger partial charge in [0.2, 0.25) is 0 Å². The molecule has 2 unspecified atom stereocenters. The third-order valence-electron chi connectivity index (χ3n) is 4.44. The van der Waals surface area contributed by atoms with Gasteiger partial charge < -0.3 is 15.2 Å². The first kappa shape index (κ1) is 12.9. The van der Waals surface area contributed by atoms with Crippen molar-refractivity contribution in [2.24, 2.45) is 5.73 Å². The van der Waals surface area contributed by atoms with E-state index in [9.17, 15) is 4.39 Å². The van der Waals surface area contributed by atoms with Gasteiger partial charge in [0.15, 0.2) is 0 Å². The van der Waals surface area contributed by atoms with Crippen LogP contribution in [0, 0.1) is 5.82 Å². The minimum absolute atomic E-state index is 0.0451. The summed E-state index contributed by atoms with van der Waals surface area (Å²) < 4.78 is 25.2. The second-order valence-corrected chi connectivity index (χ2v) is 5.63. The predicted octanol–water partition coefficient (Wildman–Crippen LogP) is 2.94. The molecular weight excluding hydrogens is 245 g/mol. The summed E-state index contributed by atoms with van der Waals surface area (Å²) in [7, 11) is 1.72. The summed E-state index contributed by atoms with van der Waals surface area (Å²) in [5, 5.41) is 0. The predicted molar refractivity (Wildman–Crippen MR) is 70.6 cm³/mol. The lowest BCUT2D eigenvalue weighted by Gasteiger charge is -2.47. The second kappa shape index (κ2) is 4.76. The van der Waals surface area contributed by atoms with Crippen LogP contribution < -0.4 is 10.5 Å². The van der Waals surface area contributed by atoms with Crippen molar-refractivity contribution in [1.29, 1.82) is 0 Å². The smallest absolute Gasteiger partial charge is 0.137 e. The Balaban J connectivity index is 1.98. The van der Waals surface area contributed by atoms with Crippen LogP contribution in [0.1, 0.15) is 43.7 Å². The Kier molecular flexibility index (Phi) is 3.23. The molecule has 1 aliphatic heterocycles. The first-order valence-electron chi connectivity index (χ1n) is 6.91. The molecule has 0 bridgehead atoms. The highest BCUT2D eigenvalue weighted by molar-refractivity contribution is 5.39. The first-order valence-corrected chi connectivity index (χ1v) is 6.91. The number of methoxy groups -OCH3 is 1. The molecule has 3 nitrogen and oxygen atoms in total. The average molecular weight is 265 g/mol. The van der Waals surface area contributed by atoms with E-state index in [0.29, 0.717) is 5.75 Å². The van der Waals surface area contributed by atoms with Crippen molar-refractivity contribution in [2.45, 2.75) is 49.9 Å². The van der Waals surface area contributed by atoms with Crippen molar-refractivity contribution in [3.05, 3.63) is 29.6 Å². The maximum Gasteiger partial charge on any atom is 0.137 e. The summed E-state index contributed by atoms with van der Waals surface area (Å²) in [6.07, 6.45) is 4.95. The zero-order valence-electron chi connectivity index (χ0n) is 11.2. The minimum Gasteiger partial charge on any atom is -0.484 e. The Labute approximate surface area is 112 Å². The topological polar surface area (TPSA) is 44.5 Å². The molecule has 1 aliphatic carbocycles. The van der Waals surface area contributed by atoms with Crippen LogP contribution in [0.3, 0.4) is 0 Å². The quantitative estimate of drug-likeness (QED) is 0.849. The zero-order chi connectivity index (χ0) is 13.5. The van der Waals surface area contributed by atoms with Crippen LogP contribution >= 0.6 is 0 Å². The van der Waals surface area contributed by atoms with Gasteiger partial charge in [0, 0.05) is 31.2 Å². The largest absolute Gasteiger partial charge is 0.484 e. The van der Waals surface area contributed by atoms with Gasteiger partial charge in [0.05, 0.1) is 6.10 Å². The van der Waals surface area contributed by atoms with Crippen LogP contribution in [-0.2, 0) is 4.74 Å². The molecule has 0 amide bonds. The Morgan fingerprint density at radius 1 is 1.42 bits per heavy atom. The summed E-state index contributed by atoms with van der Waals surface area (Å²) in [5.74, 6) is 0.301. The third kappa shape index (κ3) is 2.13. The second-order valence-electron chi connectivity index (χ2n) is 5.63. The van der Waals surface area contributed by atoms with E-state index in [1.54, 1.807) is 13.2 Å². The molecule has 0 saturated heterocycles. The lowest BCUT2D eigenvalue weighted by atomic mass is 9.75. The van der Waals surface area contributed by atoms with Crippen LogP contribution in [0.15, 0.2) is 18.2 Å². The minimum atomic E-state index is -0.382. The van der Waals surface area contributed by atoms with E-state index < -0.39 is 0 Å². The summed E-state index contributed by atoms with van der Waals surface area (Å²) >= 11 is 0. The van der Waals surface area contributed by atoms with E-state index >= 15 is 0 Å². The van der Waals surface area contributed by atoms with Crippen LogP contribution in [0.25, 0.3) is 0 Å². The number of fused-ring (bicyclic) bond motifs is 1. The standard InChI is InChI=1S/C15H20FNO2/c1-18-14-4-2-3-7-15(14)9-12(17)11-6-5-10(16)8-13(11)19-15/h5-6,8,12,14H,2-4,7,9,17H2,1H3/t12-,14?,15?/m0/s1. The molecule has 0 aromatic heterocycles. The molecule has 1 saturated carbocycles. The van der Waals surface area contributed by atoms with E-state index in [0.717, 1.165) is 37.7 Å². The summed E-state index contributed by atoms with van der Waals surface area (Å²) in [5.41, 5.74) is 6.77. The van der Waals surface area contributed by atoms with Gasteiger partial charge in [-0.25, -0.2) is 4.39 Å². The van der Waals surface area contributed by atoms with Crippen molar-refractivity contribution >= 4 is 0 Å². The van der Waals surface area contributed by atoms with Gasteiger partial charge >= 0.3 is 0 Å². The Morgan fingerprint density at radius 3 is 3.05 bits per heavy atom. The molecule has 4 heteroatoms. The van der Waals surface area contributed by atoms with E-state index in [2.05, 4.69) is 0 Å². The highest BCUT2D eigenvalue weighted by Gasteiger charge is 2.47. The summed E-state index contributed by atoms with van der Waals surface area (Å²) in [6, 6.07) is 4.50. The number of benzene rings is 1. The molecule has 1 heterocycles. The number of nitrogens with two attached hydrogens (primary N) is 1. The number of rotatable bonds is 1. The van der Waals surface area contributed by atoms with Crippen molar-refractivity contribution in [2.75, 3.05) is 7.11 Å². The fourth-order valence-corrected chi connectivity index (χ4v) is 3.51. The van der Waals surface area contributed by atoms with Crippen LogP contribution in [0.5, 0.6) is 5.75 Å². The van der Waals surface area contributed by atoms with Crippen molar-refractivity contribution in [1.82, 2.24) is 0 Å². The molecule has 2 aliphatic rings. The van der Waals surface area contributed by atoms with Gasteiger partial charge in [-0.1, -0.05) is 12.5 Å². The molecule has 3 atom stereocenters. The normalized spacial score (nSPS) is 33.8. The molecule has 1 aromatic carbocycles. The molecule has 1 spiro atoms. The van der Waals surface area contributed by atoms with Gasteiger partial charge in [-0.05, 0) is 25.3 Å². The van der Waals surface area contributed by atoms with Crippen molar-refractivity contribution in [3.8, 4) is 5.75 Å². The lowest BCUT2D eigenvalue weighted by molar-refractivity contribution is -0.114. The summed E-state index contributed by atoms with van der Waals surface area (Å²) in [6.45, 7) is 0. The Hall–Kier alpha value is -1.13. The average Bonchev–Trinajstić information content (AvgIpc) is 2.38. The van der Waals surface area contributed by atoms with Gasteiger partial charge in [0.25, 0.3) is 0 Å². The van der Waals surface area contributed by atoms with Gasteiger partial charge in [-0.15, -0.1) is 0 Å². The maximum atomic E-state index is 13.4. The number of hydrogen-bond donors (Lipinski definition) is 1. The van der Waals surface area contributed by atoms with Crippen LogP contribution in [-0.4, -0.2) is 18.8 Å². The first-order chi connectivity index (χ1) is 9.14. The Bertz CT molecular complexity index is 479. The van der Waals surface area contributed by atoms with Crippen molar-refractivity contribution < 1.29 is 13.9 Å². The number of hydrogen-bond acceptors (Lipinski definition) is 3. The maximum absolute atomic E-state index is 13.4. The highest BCUT2D eigenvalue weighted by Crippen LogP contribution is 2.46. The van der Waals surface area contributed by atoms with Crippen molar-refractivity contribution in [3.63, 3.8) is 0 Å². The van der Waals surface area contributed by atoms with Crippen LogP contribution in [0.4, 0.5) is 4.39 Å². The van der Waals surface area contributed by atoms with Gasteiger partial charge in [-0.3, -0.25) is 0 Å². The molecule has 104 valence electrons. The monoisotopic (exact) mass is 265 g/mol. The van der Waals surface area contributed by atoms with E-state index in [1.807, 2.05) is 0 Å². The van der Waals surface area contributed by atoms with E-state index in [-0.39, 0.29) is 23.6 Å². The van der Waals surface area contributed by atoms with Gasteiger partial charge in [-0.2, -0.15) is 0 Å². The molecule has 3 rings (SSSR count). The molecule has 19 heavy (non-hydrogen) atoms. The lowest BCUT2D eigenvalue weighted by Crippen LogP contribution is -2.54. The molecule has 2 N–H and O–H groups in total. The Morgan fingerprint density at radius 2 is 2.26 bits per heavy atom. The number of halogens is 1. The zero-order valence-corrected chi connectivity index (χ0v) is 11.2. The SMILES string of the molecule is COC1CCCCC12C[C@H](N)c1ccc(F)cc1O2. The molecule has 1 fully saturated rings. The van der Waals surface area contributed by atoms with Crippen LogP contribution in [0.2, 0.25) is 0 Å². The number of ether oxygens (including phenoxy) is 2. The fraction of sp³-hybridized carbons (Fsp3) is 0.600. The fourth-order valence-electron chi connectivity index (χ4n) is 3.51. The summed E-state index contributed by atoms with van der Waals surface area (Å²) in [4.78, 5) is 0. The highest BCUT2D eigenvalue weighted by atomic mass is 19.1. The molecule has 0 radical (unpaired) electrons. The molecular formula is C15H20FNO2. The molecule has 1 aromatic rings. The van der Waals surface area contributed by atoms with E-state index in [1.165, 1.54) is 12.1 Å². The third-order valence-corrected chi connectivity index (χ3v) is 4.44. The van der Waals surface area contributed by atoms with E-state index in [4.69, 9.17) is 15.2 Å². The van der Waals surface area contributed by atoms with Gasteiger partial charge in [0.1, 0.15) is 17.2 Å².